The molecule has 0 spiro atoms. The van der Waals surface area contributed by atoms with Crippen LogP contribution in [0.25, 0.3) is 0 Å². The Labute approximate surface area is 94.9 Å². The first kappa shape index (κ1) is 11.1. The average Bonchev–Trinajstić information content (AvgIpc) is 2.62. The Balaban J connectivity index is 2.20. The molecule has 0 aromatic carbocycles. The molecular formula is C9H11N5O3. The smallest absolute Gasteiger partial charge is 0.325 e. The van der Waals surface area contributed by atoms with E-state index >= 15 is 0 Å². The van der Waals surface area contributed by atoms with Crippen molar-refractivity contribution < 1.29 is 4.42 Å². The Morgan fingerprint density at radius 1 is 1.24 bits per heavy atom. The van der Waals surface area contributed by atoms with Gasteiger partial charge in [-0.2, -0.15) is 0 Å². The van der Waals surface area contributed by atoms with Crippen molar-refractivity contribution in [3.8, 4) is 0 Å². The van der Waals surface area contributed by atoms with Gasteiger partial charge in [0.2, 0.25) is 5.89 Å². The number of nitrogen functional groups attached to an aromatic ring is 1. The summed E-state index contributed by atoms with van der Waals surface area (Å²) in [6.45, 7) is 1.66. The van der Waals surface area contributed by atoms with Gasteiger partial charge in [-0.1, -0.05) is 5.10 Å². The lowest BCUT2D eigenvalue weighted by Gasteiger charge is -2.01. The van der Waals surface area contributed by atoms with Crippen LogP contribution in [0, 0.1) is 6.92 Å². The molecule has 0 radical (unpaired) electrons. The molecule has 0 unspecified atom stereocenters. The summed E-state index contributed by atoms with van der Waals surface area (Å²) in [7, 11) is 0. The van der Waals surface area contributed by atoms with Gasteiger partial charge in [0.1, 0.15) is 0 Å². The fraction of sp³-hybridized carbons (Fsp3) is 0.333. The largest absolute Gasteiger partial charge is 0.408 e. The minimum atomic E-state index is -0.515. The van der Waals surface area contributed by atoms with Crippen molar-refractivity contribution in [1.82, 2.24) is 20.2 Å². The van der Waals surface area contributed by atoms with Crippen LogP contribution in [0.2, 0.25) is 0 Å². The van der Waals surface area contributed by atoms with Crippen LogP contribution in [-0.2, 0) is 12.8 Å². The lowest BCUT2D eigenvalue weighted by atomic mass is 10.1. The number of hydrogen-bond donors (Lipinski definition) is 3. The molecule has 2 rings (SSSR count). The summed E-state index contributed by atoms with van der Waals surface area (Å²) in [4.78, 5) is 27.2. The molecule has 0 aliphatic carbocycles. The number of H-pyrrole nitrogens is 2. The number of nitrogens with zero attached hydrogens (tertiary/aromatic N) is 2. The van der Waals surface area contributed by atoms with Crippen LogP contribution >= 0.6 is 0 Å². The maximum Gasteiger partial charge on any atom is 0.325 e. The highest BCUT2D eigenvalue weighted by atomic mass is 16.4. The lowest BCUT2D eigenvalue weighted by molar-refractivity contribution is 0.508. The van der Waals surface area contributed by atoms with E-state index in [1.807, 2.05) is 0 Å². The molecule has 0 aliphatic rings. The van der Waals surface area contributed by atoms with Crippen molar-refractivity contribution in [3.63, 3.8) is 0 Å². The maximum absolute atomic E-state index is 11.5. The van der Waals surface area contributed by atoms with E-state index < -0.39 is 11.2 Å². The zero-order valence-electron chi connectivity index (χ0n) is 9.11. The van der Waals surface area contributed by atoms with Crippen molar-refractivity contribution in [3.05, 3.63) is 38.0 Å². The summed E-state index contributed by atoms with van der Waals surface area (Å²) >= 11 is 0. The summed E-state index contributed by atoms with van der Waals surface area (Å²) < 4.78 is 4.98. The number of nitrogens with two attached hydrogens (primary N) is 1. The van der Waals surface area contributed by atoms with E-state index in [4.69, 9.17) is 10.2 Å². The van der Waals surface area contributed by atoms with Crippen molar-refractivity contribution in [2.45, 2.75) is 19.8 Å². The van der Waals surface area contributed by atoms with E-state index in [1.54, 1.807) is 6.92 Å². The minimum Gasteiger partial charge on any atom is -0.408 e. The molecule has 2 aromatic rings. The molecule has 2 aromatic heterocycles. The highest BCUT2D eigenvalue weighted by Crippen LogP contribution is 2.05. The first-order chi connectivity index (χ1) is 8.06. The van der Waals surface area contributed by atoms with Gasteiger partial charge in [-0.05, 0) is 13.3 Å². The van der Waals surface area contributed by atoms with Gasteiger partial charge in [0.15, 0.2) is 0 Å². The quantitative estimate of drug-likeness (QED) is 0.635. The highest BCUT2D eigenvalue weighted by molar-refractivity contribution is 5.15. The van der Waals surface area contributed by atoms with Crippen LogP contribution < -0.4 is 17.0 Å². The Morgan fingerprint density at radius 2 is 2.00 bits per heavy atom. The monoisotopic (exact) mass is 237 g/mol. The third-order valence-electron chi connectivity index (χ3n) is 2.33. The average molecular weight is 237 g/mol. The van der Waals surface area contributed by atoms with E-state index in [9.17, 15) is 9.59 Å². The minimum absolute atomic E-state index is 0.00731. The number of aromatic amines is 2. The molecule has 8 nitrogen and oxygen atoms in total. The van der Waals surface area contributed by atoms with Crippen LogP contribution in [0.1, 0.15) is 17.1 Å². The number of nitrogens with one attached hydrogen (secondary N) is 2. The molecule has 8 heteroatoms. The third kappa shape index (κ3) is 2.41. The zero-order valence-corrected chi connectivity index (χ0v) is 9.11. The van der Waals surface area contributed by atoms with Crippen molar-refractivity contribution >= 4 is 6.01 Å². The van der Waals surface area contributed by atoms with Gasteiger partial charge in [-0.15, -0.1) is 5.10 Å². The highest BCUT2D eigenvalue weighted by Gasteiger charge is 2.09. The fourth-order valence-electron chi connectivity index (χ4n) is 1.53. The van der Waals surface area contributed by atoms with Crippen LogP contribution in [0.4, 0.5) is 6.01 Å². The molecule has 17 heavy (non-hydrogen) atoms. The van der Waals surface area contributed by atoms with Gasteiger partial charge in [0.05, 0.1) is 0 Å². The Bertz CT molecular complexity index is 639. The van der Waals surface area contributed by atoms with Gasteiger partial charge in [-0.25, -0.2) is 4.79 Å². The third-order valence-corrected chi connectivity index (χ3v) is 2.33. The van der Waals surface area contributed by atoms with Gasteiger partial charge in [-0.3, -0.25) is 9.78 Å². The van der Waals surface area contributed by atoms with Crippen molar-refractivity contribution in [2.75, 3.05) is 5.73 Å². The maximum atomic E-state index is 11.5. The summed E-state index contributed by atoms with van der Waals surface area (Å²) in [6.07, 6.45) is 0.778. The normalized spacial score (nSPS) is 10.6. The Morgan fingerprint density at radius 3 is 2.59 bits per heavy atom. The van der Waals surface area contributed by atoms with E-state index in [-0.39, 0.29) is 6.01 Å². The number of rotatable bonds is 3. The molecule has 0 aliphatic heterocycles. The lowest BCUT2D eigenvalue weighted by Crippen LogP contribution is -2.27. The molecule has 0 fully saturated rings. The van der Waals surface area contributed by atoms with Gasteiger partial charge in [0, 0.05) is 17.7 Å². The SMILES string of the molecule is Cc1[nH]c(=O)[nH]c(=O)c1CCc1nnc(N)o1. The molecular weight excluding hydrogens is 226 g/mol. The number of anilines is 1. The van der Waals surface area contributed by atoms with Gasteiger partial charge < -0.3 is 15.1 Å². The van der Waals surface area contributed by atoms with Crippen molar-refractivity contribution in [2.24, 2.45) is 0 Å². The van der Waals surface area contributed by atoms with Crippen LogP contribution in [0.5, 0.6) is 0 Å². The zero-order chi connectivity index (χ0) is 12.4. The van der Waals surface area contributed by atoms with E-state index in [0.29, 0.717) is 30.0 Å². The number of aromatic nitrogens is 4. The van der Waals surface area contributed by atoms with Crippen LogP contribution in [0.15, 0.2) is 14.0 Å². The first-order valence-corrected chi connectivity index (χ1v) is 4.96. The second kappa shape index (κ2) is 4.24. The van der Waals surface area contributed by atoms with E-state index in [0.717, 1.165) is 0 Å². The molecule has 0 saturated carbocycles. The Kier molecular flexibility index (Phi) is 2.77. The standard InChI is InChI=1S/C9H11N5O3/c1-4-5(7(15)12-9(16)11-4)2-3-6-13-14-8(10)17-6/h2-3H2,1H3,(H2,10,14)(H2,11,12,15,16). The van der Waals surface area contributed by atoms with E-state index in [2.05, 4.69) is 20.2 Å². The topological polar surface area (TPSA) is 131 Å². The second-order valence-electron chi connectivity index (χ2n) is 3.55. The summed E-state index contributed by atoms with van der Waals surface area (Å²) in [5.74, 6) is 0.354. The molecule has 0 atom stereocenters. The molecule has 0 saturated heterocycles. The molecule has 4 N–H and O–H groups in total. The summed E-state index contributed by atoms with van der Waals surface area (Å²) in [5, 5.41) is 7.19. The van der Waals surface area contributed by atoms with Crippen LogP contribution in [0.3, 0.4) is 0 Å². The molecule has 2 heterocycles. The summed E-state index contributed by atoms with van der Waals surface area (Å²) in [5.41, 5.74) is 5.37. The first-order valence-electron chi connectivity index (χ1n) is 4.96. The summed E-state index contributed by atoms with van der Waals surface area (Å²) in [6, 6.07) is -0.00731. The predicted molar refractivity (Wildman–Crippen MR) is 58.5 cm³/mol. The van der Waals surface area contributed by atoms with Gasteiger partial charge in [0.25, 0.3) is 5.56 Å². The second-order valence-corrected chi connectivity index (χ2v) is 3.55. The number of hydrogen-bond acceptors (Lipinski definition) is 6. The van der Waals surface area contributed by atoms with E-state index in [1.165, 1.54) is 0 Å². The molecule has 90 valence electrons. The predicted octanol–water partition coefficient (Wildman–Crippen LogP) is -0.878. The van der Waals surface area contributed by atoms with Crippen molar-refractivity contribution in [1.29, 1.82) is 0 Å². The molecule has 0 amide bonds. The Hall–Kier alpha value is -2.38. The molecule has 0 bridgehead atoms. The fourth-order valence-corrected chi connectivity index (χ4v) is 1.53. The van der Waals surface area contributed by atoms with Gasteiger partial charge >= 0.3 is 11.7 Å². The number of aryl methyl sites for hydroxylation is 2. The van der Waals surface area contributed by atoms with Crippen LogP contribution in [-0.4, -0.2) is 20.2 Å².